The van der Waals surface area contributed by atoms with Crippen LogP contribution in [0.5, 0.6) is 0 Å². The van der Waals surface area contributed by atoms with Gasteiger partial charge in [0.15, 0.2) is 0 Å². The first-order chi connectivity index (χ1) is 16.3. The molecular weight excluding hydrogens is 457 g/mol. The van der Waals surface area contributed by atoms with Gasteiger partial charge in [0.2, 0.25) is 15.9 Å². The average molecular weight is 488 g/mol. The van der Waals surface area contributed by atoms with Crippen molar-refractivity contribution in [1.82, 2.24) is 14.9 Å². The van der Waals surface area contributed by atoms with Gasteiger partial charge in [0.1, 0.15) is 5.82 Å². The smallest absolute Gasteiger partial charge is 0.251 e. The zero-order valence-corrected chi connectivity index (χ0v) is 19.8. The lowest BCUT2D eigenvalue weighted by Gasteiger charge is -2.36. The van der Waals surface area contributed by atoms with Crippen molar-refractivity contribution >= 4 is 21.8 Å². The fourth-order valence-corrected chi connectivity index (χ4v) is 6.27. The van der Waals surface area contributed by atoms with Crippen molar-refractivity contribution in [3.63, 3.8) is 0 Å². The van der Waals surface area contributed by atoms with Gasteiger partial charge in [-0.15, -0.1) is 0 Å². The summed E-state index contributed by atoms with van der Waals surface area (Å²) in [6, 6.07) is 13.3. The average Bonchev–Trinajstić information content (AvgIpc) is 2.86. The third kappa shape index (κ3) is 5.64. The zero-order valence-electron chi connectivity index (χ0n) is 19.0. The number of nitrogens with zero attached hydrogens (tertiary/aromatic N) is 1. The minimum Gasteiger partial charge on any atom is -0.351 e. The minimum absolute atomic E-state index is 0.0194. The maximum Gasteiger partial charge on any atom is 0.251 e. The van der Waals surface area contributed by atoms with Gasteiger partial charge < -0.3 is 10.6 Å². The molecule has 34 heavy (non-hydrogen) atoms. The maximum absolute atomic E-state index is 13.2. The summed E-state index contributed by atoms with van der Waals surface area (Å²) in [5, 5.41) is 6.15. The monoisotopic (exact) mass is 487 g/mol. The third-order valence-corrected chi connectivity index (χ3v) is 8.53. The number of rotatable bonds is 6. The Morgan fingerprint density at radius 3 is 2.18 bits per heavy atom. The lowest BCUT2D eigenvalue weighted by Crippen LogP contribution is -2.55. The summed E-state index contributed by atoms with van der Waals surface area (Å²) >= 11 is 0. The molecule has 4 rings (SSSR count). The molecule has 1 saturated heterocycles. The quantitative estimate of drug-likeness (QED) is 0.655. The van der Waals surface area contributed by atoms with Crippen molar-refractivity contribution in [1.29, 1.82) is 0 Å². The molecule has 0 spiro atoms. The van der Waals surface area contributed by atoms with Crippen LogP contribution in [0.25, 0.3) is 0 Å². The Balaban J connectivity index is 1.39. The van der Waals surface area contributed by atoms with E-state index in [2.05, 4.69) is 10.6 Å². The van der Waals surface area contributed by atoms with Crippen LogP contribution in [-0.2, 0) is 14.8 Å². The van der Waals surface area contributed by atoms with Gasteiger partial charge in [-0.1, -0.05) is 31.0 Å². The number of halogens is 1. The second-order valence-corrected chi connectivity index (χ2v) is 10.9. The first-order valence-electron chi connectivity index (χ1n) is 11.8. The Hall–Kier alpha value is -2.78. The second-order valence-electron chi connectivity index (χ2n) is 9.00. The molecule has 7 nitrogen and oxygen atoms in total. The molecule has 0 radical (unpaired) electrons. The number of piperidine rings is 1. The van der Waals surface area contributed by atoms with Gasteiger partial charge in [0.25, 0.3) is 5.91 Å². The van der Waals surface area contributed by atoms with E-state index in [1.54, 1.807) is 12.1 Å². The van der Waals surface area contributed by atoms with Crippen molar-refractivity contribution in [2.24, 2.45) is 5.92 Å². The van der Waals surface area contributed by atoms with Crippen molar-refractivity contribution in [3.8, 4) is 0 Å². The Kier molecular flexibility index (Phi) is 7.63. The van der Waals surface area contributed by atoms with Gasteiger partial charge in [0, 0.05) is 30.7 Å². The van der Waals surface area contributed by atoms with Gasteiger partial charge in [-0.25, -0.2) is 12.8 Å². The molecule has 9 heteroatoms. The molecule has 1 saturated carbocycles. The van der Waals surface area contributed by atoms with E-state index in [9.17, 15) is 22.4 Å². The molecule has 2 aromatic rings. The fourth-order valence-electron chi connectivity index (χ4n) is 4.75. The predicted molar refractivity (Wildman–Crippen MR) is 126 cm³/mol. The van der Waals surface area contributed by atoms with Crippen molar-refractivity contribution in [2.45, 2.75) is 55.5 Å². The Bertz CT molecular complexity index is 1110. The van der Waals surface area contributed by atoms with E-state index in [4.69, 9.17) is 0 Å². The Morgan fingerprint density at radius 1 is 0.853 bits per heavy atom. The molecule has 2 N–H and O–H groups in total. The molecule has 2 aromatic carbocycles. The second kappa shape index (κ2) is 10.7. The molecule has 1 aliphatic carbocycles. The van der Waals surface area contributed by atoms with Gasteiger partial charge in [-0.3, -0.25) is 9.59 Å². The SMILES string of the molecule is O=C(N[C@@H]1CCCC[C@H]1NC(=O)C1CCCN(S(=O)(=O)c2ccc(F)cc2)C1)c1ccccc1. The van der Waals surface area contributed by atoms with Gasteiger partial charge in [0.05, 0.1) is 10.8 Å². The largest absolute Gasteiger partial charge is 0.351 e. The normalized spacial score (nSPS) is 23.7. The molecule has 182 valence electrons. The first-order valence-corrected chi connectivity index (χ1v) is 13.2. The first kappa shape index (κ1) is 24.3. The fraction of sp³-hybridized carbons (Fsp3) is 0.440. The zero-order chi connectivity index (χ0) is 24.1. The summed E-state index contributed by atoms with van der Waals surface area (Å²) in [7, 11) is -3.81. The van der Waals surface area contributed by atoms with Crippen LogP contribution in [0.3, 0.4) is 0 Å². The number of hydrogen-bond acceptors (Lipinski definition) is 4. The van der Waals surface area contributed by atoms with E-state index in [1.165, 1.54) is 16.4 Å². The highest BCUT2D eigenvalue weighted by Crippen LogP contribution is 2.25. The van der Waals surface area contributed by atoms with E-state index in [1.807, 2.05) is 18.2 Å². The molecule has 1 unspecified atom stereocenters. The van der Waals surface area contributed by atoms with E-state index in [0.717, 1.165) is 37.8 Å². The molecule has 1 heterocycles. The van der Waals surface area contributed by atoms with Crippen LogP contribution in [0.1, 0.15) is 48.9 Å². The van der Waals surface area contributed by atoms with Crippen LogP contribution in [0.2, 0.25) is 0 Å². The molecule has 0 bridgehead atoms. The molecule has 2 amide bonds. The van der Waals surface area contributed by atoms with Gasteiger partial charge in [-0.2, -0.15) is 4.31 Å². The highest BCUT2D eigenvalue weighted by molar-refractivity contribution is 7.89. The standard InChI is InChI=1S/C25H30FN3O4S/c26-20-12-14-21(15-13-20)34(32,33)29-16-6-9-19(17-29)25(31)28-23-11-5-4-10-22(23)27-24(30)18-7-2-1-3-8-18/h1-3,7-8,12-15,19,22-23H,4-6,9-11,16-17H2,(H,27,30)(H,28,31)/t19?,22-,23-/m1/s1. The van der Waals surface area contributed by atoms with Crippen LogP contribution in [-0.4, -0.2) is 49.7 Å². The van der Waals surface area contributed by atoms with E-state index < -0.39 is 21.8 Å². The number of hydrogen-bond donors (Lipinski definition) is 2. The number of amides is 2. The summed E-state index contributed by atoms with van der Waals surface area (Å²) in [5.41, 5.74) is 0.576. The molecular formula is C25H30FN3O4S. The topological polar surface area (TPSA) is 95.6 Å². The number of sulfonamides is 1. The number of carbonyl (C=O) groups is 2. The summed E-state index contributed by atoms with van der Waals surface area (Å²) < 4.78 is 40.5. The van der Waals surface area contributed by atoms with Crippen molar-refractivity contribution in [3.05, 3.63) is 66.0 Å². The van der Waals surface area contributed by atoms with Gasteiger partial charge in [-0.05, 0) is 62.1 Å². The van der Waals surface area contributed by atoms with Crippen LogP contribution < -0.4 is 10.6 Å². The lowest BCUT2D eigenvalue weighted by molar-refractivity contribution is -0.127. The number of benzene rings is 2. The number of carbonyl (C=O) groups excluding carboxylic acids is 2. The van der Waals surface area contributed by atoms with Crippen LogP contribution >= 0.6 is 0 Å². The summed E-state index contributed by atoms with van der Waals surface area (Å²) in [6.07, 6.45) is 4.62. The van der Waals surface area contributed by atoms with Crippen LogP contribution in [0, 0.1) is 11.7 Å². The third-order valence-electron chi connectivity index (χ3n) is 6.65. The molecule has 2 aliphatic rings. The highest BCUT2D eigenvalue weighted by Gasteiger charge is 2.35. The summed E-state index contributed by atoms with van der Waals surface area (Å²) in [6.45, 7) is 0.405. The summed E-state index contributed by atoms with van der Waals surface area (Å²) in [5.74, 6) is -1.33. The lowest BCUT2D eigenvalue weighted by atomic mass is 9.89. The molecule has 3 atom stereocenters. The van der Waals surface area contributed by atoms with E-state index >= 15 is 0 Å². The maximum atomic E-state index is 13.2. The van der Waals surface area contributed by atoms with Gasteiger partial charge >= 0.3 is 0 Å². The van der Waals surface area contributed by atoms with Crippen LogP contribution in [0.4, 0.5) is 4.39 Å². The molecule has 1 aliphatic heterocycles. The predicted octanol–water partition coefficient (Wildman–Crippen LogP) is 3.08. The highest BCUT2D eigenvalue weighted by atomic mass is 32.2. The van der Waals surface area contributed by atoms with E-state index in [-0.39, 0.29) is 35.3 Å². The number of nitrogens with one attached hydrogen (secondary N) is 2. The molecule has 0 aromatic heterocycles. The van der Waals surface area contributed by atoms with Crippen LogP contribution in [0.15, 0.2) is 59.5 Å². The Morgan fingerprint density at radius 2 is 1.50 bits per heavy atom. The molecule has 2 fully saturated rings. The van der Waals surface area contributed by atoms with Crippen molar-refractivity contribution in [2.75, 3.05) is 13.1 Å². The summed E-state index contributed by atoms with van der Waals surface area (Å²) in [4.78, 5) is 25.8. The Labute approximate surface area is 199 Å². The van der Waals surface area contributed by atoms with E-state index in [0.29, 0.717) is 24.9 Å². The van der Waals surface area contributed by atoms with Crippen molar-refractivity contribution < 1.29 is 22.4 Å². The minimum atomic E-state index is -3.81.